The second-order valence-electron chi connectivity index (χ2n) is 6.37. The molecule has 29 heavy (non-hydrogen) atoms. The van der Waals surface area contributed by atoms with Gasteiger partial charge < -0.3 is 20.6 Å². The molecular formula is C19H18FN5O3S. The molecule has 10 heteroatoms. The van der Waals surface area contributed by atoms with Gasteiger partial charge in [-0.3, -0.25) is 4.79 Å². The molecule has 3 N–H and O–H groups in total. The lowest BCUT2D eigenvalue weighted by atomic mass is 10.1. The van der Waals surface area contributed by atoms with Crippen molar-refractivity contribution < 1.29 is 18.7 Å². The average Bonchev–Trinajstić information content (AvgIpc) is 3.33. The summed E-state index contributed by atoms with van der Waals surface area (Å²) in [5.41, 5.74) is 1.54. The van der Waals surface area contributed by atoms with Crippen LogP contribution in [0.2, 0.25) is 0 Å². The number of nitrogens with one attached hydrogen (secondary N) is 1. The minimum absolute atomic E-state index is 0.119. The lowest BCUT2D eigenvalue weighted by Gasteiger charge is -2.14. The lowest BCUT2D eigenvalue weighted by Crippen LogP contribution is -2.28. The van der Waals surface area contributed by atoms with Gasteiger partial charge in [-0.15, -0.1) is 10.2 Å². The summed E-state index contributed by atoms with van der Waals surface area (Å²) in [6, 6.07) is 11.1. The number of nitrogens with zero attached hydrogens (tertiary/aromatic N) is 3. The fourth-order valence-electron chi connectivity index (χ4n) is 2.85. The number of nitrogens with two attached hydrogens (primary N) is 1. The van der Waals surface area contributed by atoms with E-state index in [1.807, 2.05) is 25.1 Å². The summed E-state index contributed by atoms with van der Waals surface area (Å²) in [5.74, 6) is 7.38. The maximum absolute atomic E-state index is 13.1. The Morgan fingerprint density at radius 3 is 2.79 bits per heavy atom. The number of thioether (sulfide) groups is 1. The summed E-state index contributed by atoms with van der Waals surface area (Å²) in [7, 11) is 0. The van der Waals surface area contributed by atoms with E-state index < -0.39 is 0 Å². The number of benzene rings is 2. The van der Waals surface area contributed by atoms with Gasteiger partial charge in [0.2, 0.25) is 17.9 Å². The number of fused-ring (bicyclic) bond motifs is 1. The zero-order valence-electron chi connectivity index (χ0n) is 15.5. The molecule has 3 aromatic rings. The highest BCUT2D eigenvalue weighted by Crippen LogP contribution is 2.34. The Kier molecular flexibility index (Phi) is 5.26. The largest absolute Gasteiger partial charge is 0.454 e. The van der Waals surface area contributed by atoms with Crippen molar-refractivity contribution in [1.29, 1.82) is 0 Å². The van der Waals surface area contributed by atoms with Crippen LogP contribution in [0, 0.1) is 5.82 Å². The van der Waals surface area contributed by atoms with Gasteiger partial charge in [-0.05, 0) is 48.9 Å². The third-order valence-electron chi connectivity index (χ3n) is 4.37. The Morgan fingerprint density at radius 2 is 2.00 bits per heavy atom. The van der Waals surface area contributed by atoms with Gasteiger partial charge in [0.05, 0.1) is 11.8 Å². The van der Waals surface area contributed by atoms with E-state index in [0.29, 0.717) is 28.0 Å². The van der Waals surface area contributed by atoms with Crippen LogP contribution in [0.5, 0.6) is 11.5 Å². The quantitative estimate of drug-likeness (QED) is 0.471. The van der Waals surface area contributed by atoms with Crippen molar-refractivity contribution in [3.8, 4) is 22.9 Å². The highest BCUT2D eigenvalue weighted by molar-refractivity contribution is 7.99. The summed E-state index contributed by atoms with van der Waals surface area (Å²) in [4.78, 5) is 12.3. The first-order valence-electron chi connectivity index (χ1n) is 8.79. The fraction of sp³-hybridized carbons (Fsp3) is 0.211. The van der Waals surface area contributed by atoms with Crippen molar-refractivity contribution >= 4 is 17.7 Å². The molecule has 0 aliphatic carbocycles. The van der Waals surface area contributed by atoms with Gasteiger partial charge in [0.15, 0.2) is 17.3 Å². The van der Waals surface area contributed by atoms with E-state index in [1.165, 1.54) is 16.8 Å². The third-order valence-corrected chi connectivity index (χ3v) is 5.32. The minimum atomic E-state index is -0.348. The smallest absolute Gasteiger partial charge is 0.231 e. The molecule has 1 aromatic heterocycles. The molecule has 0 saturated carbocycles. The zero-order chi connectivity index (χ0) is 20.4. The molecule has 1 aliphatic heterocycles. The van der Waals surface area contributed by atoms with Crippen LogP contribution in [0.15, 0.2) is 47.6 Å². The van der Waals surface area contributed by atoms with Gasteiger partial charge in [-0.25, -0.2) is 9.07 Å². The molecule has 1 amide bonds. The third kappa shape index (κ3) is 4.11. The zero-order valence-corrected chi connectivity index (χ0v) is 16.3. The molecule has 0 saturated heterocycles. The Bertz CT molecular complexity index is 1040. The Labute approximate surface area is 170 Å². The first kappa shape index (κ1) is 19.1. The number of nitrogen functional groups attached to an aromatic ring is 1. The predicted octanol–water partition coefficient (Wildman–Crippen LogP) is 2.50. The topological polar surface area (TPSA) is 104 Å². The molecule has 2 heterocycles. The molecule has 0 fully saturated rings. The van der Waals surface area contributed by atoms with E-state index in [-0.39, 0.29) is 30.3 Å². The Morgan fingerprint density at radius 1 is 1.24 bits per heavy atom. The van der Waals surface area contributed by atoms with Gasteiger partial charge in [-0.2, -0.15) is 0 Å². The number of amides is 1. The summed E-state index contributed by atoms with van der Waals surface area (Å²) >= 11 is 1.16. The normalized spacial score (nSPS) is 13.3. The maximum Gasteiger partial charge on any atom is 0.231 e. The molecule has 4 rings (SSSR count). The van der Waals surface area contributed by atoms with Gasteiger partial charge >= 0.3 is 0 Å². The molecule has 0 radical (unpaired) electrons. The molecule has 0 unspecified atom stereocenters. The number of hydrogen-bond acceptors (Lipinski definition) is 7. The van der Waals surface area contributed by atoms with Crippen molar-refractivity contribution in [2.24, 2.45) is 0 Å². The number of ether oxygens (including phenoxy) is 2. The number of aromatic nitrogens is 3. The van der Waals surface area contributed by atoms with Gasteiger partial charge in [-0.1, -0.05) is 17.8 Å². The van der Waals surface area contributed by atoms with Crippen LogP contribution in [-0.2, 0) is 4.79 Å². The molecule has 1 atom stereocenters. The lowest BCUT2D eigenvalue weighted by molar-refractivity contribution is -0.119. The molecule has 0 spiro atoms. The van der Waals surface area contributed by atoms with E-state index >= 15 is 0 Å². The van der Waals surface area contributed by atoms with Crippen LogP contribution in [0.25, 0.3) is 11.4 Å². The Balaban J connectivity index is 1.35. The van der Waals surface area contributed by atoms with Crippen LogP contribution < -0.4 is 20.6 Å². The number of rotatable bonds is 6. The summed E-state index contributed by atoms with van der Waals surface area (Å²) in [5, 5.41) is 11.3. The second-order valence-corrected chi connectivity index (χ2v) is 7.32. The van der Waals surface area contributed by atoms with E-state index in [1.54, 1.807) is 12.1 Å². The van der Waals surface area contributed by atoms with E-state index in [4.69, 9.17) is 15.3 Å². The molecule has 8 nitrogen and oxygen atoms in total. The van der Waals surface area contributed by atoms with E-state index in [9.17, 15) is 9.18 Å². The summed E-state index contributed by atoms with van der Waals surface area (Å²) in [6.07, 6.45) is 0. The van der Waals surface area contributed by atoms with Gasteiger partial charge in [0.1, 0.15) is 5.82 Å². The maximum atomic E-state index is 13.1. The average molecular weight is 415 g/mol. The minimum Gasteiger partial charge on any atom is -0.454 e. The Hall–Kier alpha value is -3.27. The van der Waals surface area contributed by atoms with E-state index in [2.05, 4.69) is 15.5 Å². The van der Waals surface area contributed by atoms with Crippen molar-refractivity contribution in [2.45, 2.75) is 18.1 Å². The number of carbonyl (C=O) groups excluding carboxylic acids is 1. The molecule has 1 aliphatic rings. The summed E-state index contributed by atoms with van der Waals surface area (Å²) in [6.45, 7) is 2.09. The van der Waals surface area contributed by atoms with Crippen molar-refractivity contribution in [3.05, 3.63) is 53.8 Å². The van der Waals surface area contributed by atoms with Crippen LogP contribution in [0.1, 0.15) is 18.5 Å². The molecule has 150 valence electrons. The SMILES string of the molecule is C[C@@H](NC(=O)CSc1nnc(-c2ccc(F)cc2)n1N)c1ccc2c(c1)OCO2. The predicted molar refractivity (Wildman–Crippen MR) is 105 cm³/mol. The number of halogens is 1. The van der Waals surface area contributed by atoms with Gasteiger partial charge in [0.25, 0.3) is 0 Å². The highest BCUT2D eigenvalue weighted by Gasteiger charge is 2.18. The molecule has 0 bridgehead atoms. The molecule has 2 aromatic carbocycles. The van der Waals surface area contributed by atoms with E-state index in [0.717, 1.165) is 17.3 Å². The van der Waals surface area contributed by atoms with Crippen LogP contribution in [0.3, 0.4) is 0 Å². The number of hydrogen-bond donors (Lipinski definition) is 2. The number of carbonyl (C=O) groups is 1. The highest BCUT2D eigenvalue weighted by atomic mass is 32.2. The standard InChI is InChI=1S/C19H18FN5O3S/c1-11(13-4-7-15-16(8-13)28-10-27-15)22-17(26)9-29-19-24-23-18(25(19)21)12-2-5-14(20)6-3-12/h2-8,11H,9-10,21H2,1H3,(H,22,26)/t11-/m1/s1. The summed E-state index contributed by atoms with van der Waals surface area (Å²) < 4.78 is 25.0. The first-order valence-corrected chi connectivity index (χ1v) is 9.78. The first-order chi connectivity index (χ1) is 14.0. The van der Waals surface area contributed by atoms with Crippen LogP contribution in [0.4, 0.5) is 4.39 Å². The van der Waals surface area contributed by atoms with Crippen molar-refractivity contribution in [2.75, 3.05) is 18.4 Å². The molecular weight excluding hydrogens is 397 g/mol. The van der Waals surface area contributed by atoms with Crippen LogP contribution in [-0.4, -0.2) is 33.3 Å². The second kappa shape index (κ2) is 8.00. The van der Waals surface area contributed by atoms with Gasteiger partial charge in [0, 0.05) is 5.56 Å². The van der Waals surface area contributed by atoms with Crippen molar-refractivity contribution in [1.82, 2.24) is 20.2 Å². The van der Waals surface area contributed by atoms with Crippen LogP contribution >= 0.6 is 11.8 Å². The van der Waals surface area contributed by atoms with Crippen molar-refractivity contribution in [3.63, 3.8) is 0 Å². The monoisotopic (exact) mass is 415 g/mol. The fourth-order valence-corrected chi connectivity index (χ4v) is 3.52.